The summed E-state index contributed by atoms with van der Waals surface area (Å²) in [5, 5.41) is 9.63. The number of benzene rings is 1. The molecule has 0 saturated carbocycles. The average molecular weight is 306 g/mol. The molecule has 0 spiro atoms. The van der Waals surface area contributed by atoms with Crippen molar-refractivity contribution in [3.05, 3.63) is 34.9 Å². The molecule has 2 N–H and O–H groups in total. The molecule has 0 radical (unpaired) electrons. The van der Waals surface area contributed by atoms with Crippen molar-refractivity contribution in [1.29, 1.82) is 0 Å². The fourth-order valence-electron chi connectivity index (χ4n) is 1.84. The molecule has 0 heterocycles. The fourth-order valence-corrected chi connectivity index (χ4v) is 3.55. The van der Waals surface area contributed by atoms with E-state index in [1.165, 1.54) is 0 Å². The highest BCUT2D eigenvalue weighted by Crippen LogP contribution is 2.17. The minimum Gasteiger partial charge on any atom is -0.395 e. The van der Waals surface area contributed by atoms with Gasteiger partial charge >= 0.3 is 0 Å². The summed E-state index contributed by atoms with van der Waals surface area (Å²) in [5.74, 6) is 0.126. The number of halogens is 1. The molecule has 0 amide bonds. The normalized spacial score (nSPS) is 13.7. The van der Waals surface area contributed by atoms with Gasteiger partial charge in [0.15, 0.2) is 0 Å². The molecule has 0 aliphatic heterocycles. The number of aliphatic hydroxyl groups is 1. The van der Waals surface area contributed by atoms with E-state index in [9.17, 15) is 13.5 Å². The lowest BCUT2D eigenvalue weighted by atomic mass is 10.1. The highest BCUT2D eigenvalue weighted by Gasteiger charge is 2.19. The third kappa shape index (κ3) is 5.91. The van der Waals surface area contributed by atoms with Crippen molar-refractivity contribution in [3.63, 3.8) is 0 Å². The molecule has 1 aromatic carbocycles. The van der Waals surface area contributed by atoms with Crippen molar-refractivity contribution in [3.8, 4) is 0 Å². The highest BCUT2D eigenvalue weighted by atomic mass is 35.5. The van der Waals surface area contributed by atoms with Gasteiger partial charge in [0.25, 0.3) is 0 Å². The molecule has 1 rings (SSSR count). The van der Waals surface area contributed by atoms with Crippen molar-refractivity contribution >= 4 is 21.6 Å². The lowest BCUT2D eigenvalue weighted by Gasteiger charge is -2.18. The molecule has 1 aromatic rings. The van der Waals surface area contributed by atoms with E-state index in [2.05, 4.69) is 4.72 Å². The van der Waals surface area contributed by atoms with Gasteiger partial charge in [-0.1, -0.05) is 43.6 Å². The highest BCUT2D eigenvalue weighted by molar-refractivity contribution is 7.88. The number of rotatable bonds is 7. The molecule has 108 valence electrons. The minimum absolute atomic E-state index is 0.179. The van der Waals surface area contributed by atoms with Gasteiger partial charge < -0.3 is 5.11 Å². The first-order valence-electron chi connectivity index (χ1n) is 6.18. The third-order valence-corrected chi connectivity index (χ3v) is 4.38. The number of sulfonamides is 1. The van der Waals surface area contributed by atoms with Gasteiger partial charge in [-0.25, -0.2) is 13.1 Å². The van der Waals surface area contributed by atoms with Crippen molar-refractivity contribution in [2.45, 2.75) is 32.1 Å². The van der Waals surface area contributed by atoms with E-state index in [0.29, 0.717) is 22.9 Å². The Hall–Kier alpha value is -0.620. The summed E-state index contributed by atoms with van der Waals surface area (Å²) >= 11 is 5.94. The SMILES string of the molecule is CC(C)C[C@@H](CO)NS(=O)(=O)Cc1ccccc1Cl. The van der Waals surface area contributed by atoms with Crippen LogP contribution in [0.4, 0.5) is 0 Å². The second-order valence-electron chi connectivity index (χ2n) is 4.98. The summed E-state index contributed by atoms with van der Waals surface area (Å²) < 4.78 is 26.6. The van der Waals surface area contributed by atoms with Gasteiger partial charge in [0.05, 0.1) is 12.4 Å². The molecule has 0 unspecified atom stereocenters. The van der Waals surface area contributed by atoms with Crippen LogP contribution >= 0.6 is 11.6 Å². The predicted octanol–water partition coefficient (Wildman–Crippen LogP) is 2.17. The molecular formula is C13H20ClNO3S. The van der Waals surface area contributed by atoms with Crippen molar-refractivity contribution in [2.75, 3.05) is 6.61 Å². The Bertz CT molecular complexity index is 502. The summed E-state index contributed by atoms with van der Waals surface area (Å²) in [6.07, 6.45) is 0.595. The molecule has 0 fully saturated rings. The zero-order valence-corrected chi connectivity index (χ0v) is 12.7. The minimum atomic E-state index is -3.51. The number of hydrogen-bond acceptors (Lipinski definition) is 3. The van der Waals surface area contributed by atoms with Gasteiger partial charge in [-0.3, -0.25) is 0 Å². The molecule has 6 heteroatoms. The summed E-state index contributed by atoms with van der Waals surface area (Å²) in [5.41, 5.74) is 0.554. The van der Waals surface area contributed by atoms with E-state index in [4.69, 9.17) is 11.6 Å². The summed E-state index contributed by atoms with van der Waals surface area (Å²) in [6.45, 7) is 3.75. The number of aliphatic hydroxyl groups excluding tert-OH is 1. The molecule has 4 nitrogen and oxygen atoms in total. The molecule has 1 atom stereocenters. The quantitative estimate of drug-likeness (QED) is 0.811. The van der Waals surface area contributed by atoms with Crippen LogP contribution in [0.15, 0.2) is 24.3 Å². The molecule has 19 heavy (non-hydrogen) atoms. The van der Waals surface area contributed by atoms with Crippen molar-refractivity contribution < 1.29 is 13.5 Å². The smallest absolute Gasteiger partial charge is 0.216 e. The lowest BCUT2D eigenvalue weighted by molar-refractivity contribution is 0.240. The van der Waals surface area contributed by atoms with Crippen LogP contribution in [0.5, 0.6) is 0 Å². The van der Waals surface area contributed by atoms with Crippen LogP contribution in [0.25, 0.3) is 0 Å². The molecular weight excluding hydrogens is 286 g/mol. The lowest BCUT2D eigenvalue weighted by Crippen LogP contribution is -2.39. The van der Waals surface area contributed by atoms with Crippen LogP contribution in [0.3, 0.4) is 0 Å². The van der Waals surface area contributed by atoms with E-state index in [1.807, 2.05) is 13.8 Å². The van der Waals surface area contributed by atoms with Gasteiger partial charge in [-0.2, -0.15) is 0 Å². The molecule has 0 saturated heterocycles. The zero-order chi connectivity index (χ0) is 14.5. The molecule has 0 aliphatic rings. The van der Waals surface area contributed by atoms with Crippen molar-refractivity contribution in [2.24, 2.45) is 5.92 Å². The topological polar surface area (TPSA) is 66.4 Å². The number of nitrogens with one attached hydrogen (secondary N) is 1. The molecule has 0 aliphatic carbocycles. The maximum Gasteiger partial charge on any atom is 0.216 e. The third-order valence-electron chi connectivity index (χ3n) is 2.63. The Kier molecular flexibility index (Phi) is 6.26. The van der Waals surface area contributed by atoms with Gasteiger partial charge in [-0.05, 0) is 24.0 Å². The first kappa shape index (κ1) is 16.4. The first-order chi connectivity index (χ1) is 8.84. The Balaban J connectivity index is 2.73. The standard InChI is InChI=1S/C13H20ClNO3S/c1-10(2)7-12(8-16)15-19(17,18)9-11-5-3-4-6-13(11)14/h3-6,10,12,15-16H,7-9H2,1-2H3/t12-/m0/s1. The second kappa shape index (κ2) is 7.24. The summed E-state index contributed by atoms with van der Waals surface area (Å²) in [7, 11) is -3.51. The summed E-state index contributed by atoms with van der Waals surface area (Å²) in [4.78, 5) is 0. The molecule has 0 aromatic heterocycles. The van der Waals surface area contributed by atoms with Crippen LogP contribution in [0.1, 0.15) is 25.8 Å². The van der Waals surface area contributed by atoms with Gasteiger partial charge in [0.2, 0.25) is 10.0 Å². The van der Waals surface area contributed by atoms with Crippen LogP contribution in [-0.2, 0) is 15.8 Å². The maximum absolute atomic E-state index is 12.0. The Labute approximate surface area is 119 Å². The van der Waals surface area contributed by atoms with E-state index in [1.54, 1.807) is 24.3 Å². The van der Waals surface area contributed by atoms with Crippen LogP contribution in [-0.4, -0.2) is 26.2 Å². The predicted molar refractivity (Wildman–Crippen MR) is 77.5 cm³/mol. The Morgan fingerprint density at radius 2 is 1.95 bits per heavy atom. The fraction of sp³-hybridized carbons (Fsp3) is 0.538. The maximum atomic E-state index is 12.0. The van der Waals surface area contributed by atoms with E-state index in [0.717, 1.165) is 0 Å². The van der Waals surface area contributed by atoms with Crippen LogP contribution < -0.4 is 4.72 Å². The van der Waals surface area contributed by atoms with E-state index in [-0.39, 0.29) is 12.4 Å². The van der Waals surface area contributed by atoms with Gasteiger partial charge in [0, 0.05) is 11.1 Å². The van der Waals surface area contributed by atoms with Crippen LogP contribution in [0, 0.1) is 5.92 Å². The largest absolute Gasteiger partial charge is 0.395 e. The second-order valence-corrected chi connectivity index (χ2v) is 7.14. The monoisotopic (exact) mass is 305 g/mol. The Morgan fingerprint density at radius 3 is 2.47 bits per heavy atom. The zero-order valence-electron chi connectivity index (χ0n) is 11.1. The first-order valence-corrected chi connectivity index (χ1v) is 8.21. The van der Waals surface area contributed by atoms with Gasteiger partial charge in [-0.15, -0.1) is 0 Å². The Morgan fingerprint density at radius 1 is 1.32 bits per heavy atom. The number of hydrogen-bond donors (Lipinski definition) is 2. The summed E-state index contributed by atoms with van der Waals surface area (Å²) in [6, 6.07) is 6.38. The van der Waals surface area contributed by atoms with Crippen molar-refractivity contribution in [1.82, 2.24) is 4.72 Å². The average Bonchev–Trinajstić information content (AvgIpc) is 2.30. The van der Waals surface area contributed by atoms with E-state index < -0.39 is 16.1 Å². The molecule has 0 bridgehead atoms. The van der Waals surface area contributed by atoms with Crippen LogP contribution in [0.2, 0.25) is 5.02 Å². The van der Waals surface area contributed by atoms with E-state index >= 15 is 0 Å². The van der Waals surface area contributed by atoms with Gasteiger partial charge in [0.1, 0.15) is 0 Å².